The first-order chi connectivity index (χ1) is 20.2. The smallest absolute Gasteiger partial charge is 0.410 e. The number of fused-ring (bicyclic) bond motifs is 2. The van der Waals surface area contributed by atoms with Crippen molar-refractivity contribution >= 4 is 34.3 Å². The minimum Gasteiger partial charge on any atom is -0.476 e. The van der Waals surface area contributed by atoms with Crippen LogP contribution in [-0.4, -0.2) is 57.8 Å². The molecule has 1 amide bonds. The summed E-state index contributed by atoms with van der Waals surface area (Å²) in [6, 6.07) is 14.6. The summed E-state index contributed by atoms with van der Waals surface area (Å²) in [4.78, 5) is 31.0. The van der Waals surface area contributed by atoms with Gasteiger partial charge in [-0.1, -0.05) is 12.1 Å². The van der Waals surface area contributed by atoms with E-state index in [1.165, 1.54) is 24.9 Å². The van der Waals surface area contributed by atoms with Gasteiger partial charge in [0, 0.05) is 53.4 Å². The van der Waals surface area contributed by atoms with E-state index in [2.05, 4.69) is 56.6 Å². The Hall–Kier alpha value is -4.40. The number of amides is 1. The molecule has 2 aliphatic rings. The maximum absolute atomic E-state index is 12.8. The van der Waals surface area contributed by atoms with Crippen molar-refractivity contribution in [1.29, 1.82) is 0 Å². The molecular formula is C33H38N6O3. The van der Waals surface area contributed by atoms with Gasteiger partial charge in [0.25, 0.3) is 0 Å². The topological polar surface area (TPSA) is 92.7 Å². The molecule has 9 heteroatoms. The number of carbonyl (C=O) groups excluding carboxylic acids is 1. The number of rotatable bonds is 4. The molecule has 0 atom stereocenters. The van der Waals surface area contributed by atoms with Crippen LogP contribution in [0.5, 0.6) is 5.88 Å². The predicted octanol–water partition coefficient (Wildman–Crippen LogP) is 6.86. The Kier molecular flexibility index (Phi) is 7.58. The first kappa shape index (κ1) is 27.8. The van der Waals surface area contributed by atoms with Gasteiger partial charge in [-0.2, -0.15) is 0 Å². The molecule has 1 saturated heterocycles. The van der Waals surface area contributed by atoms with Gasteiger partial charge in [0.15, 0.2) is 0 Å². The summed E-state index contributed by atoms with van der Waals surface area (Å²) in [5.41, 5.74) is 6.31. The number of nitrogens with one attached hydrogen (secondary N) is 1. The first-order valence-corrected chi connectivity index (χ1v) is 14.7. The molecule has 2 aromatic carbocycles. The third-order valence-corrected chi connectivity index (χ3v) is 7.76. The second-order valence-electron chi connectivity index (χ2n) is 12.0. The van der Waals surface area contributed by atoms with Crippen molar-refractivity contribution in [2.75, 3.05) is 36.5 Å². The minimum absolute atomic E-state index is 0.354. The number of carbonyl (C=O) groups is 1. The van der Waals surface area contributed by atoms with E-state index in [9.17, 15) is 4.79 Å². The van der Waals surface area contributed by atoms with Gasteiger partial charge in [-0.25, -0.2) is 19.7 Å². The van der Waals surface area contributed by atoms with Gasteiger partial charge in [0.2, 0.25) is 11.8 Å². The molecule has 6 rings (SSSR count). The molecule has 0 saturated carbocycles. The summed E-state index contributed by atoms with van der Waals surface area (Å²) in [6.45, 7) is 11.1. The molecule has 9 nitrogen and oxygen atoms in total. The Morgan fingerprint density at radius 2 is 1.76 bits per heavy atom. The molecule has 2 aromatic heterocycles. The Morgan fingerprint density at radius 1 is 0.976 bits per heavy atom. The van der Waals surface area contributed by atoms with Gasteiger partial charge >= 0.3 is 6.09 Å². The monoisotopic (exact) mass is 566 g/mol. The van der Waals surface area contributed by atoms with Crippen LogP contribution in [0, 0.1) is 6.92 Å². The summed E-state index contributed by atoms with van der Waals surface area (Å²) in [5.74, 6) is 1.10. The van der Waals surface area contributed by atoms with Crippen LogP contribution in [0.3, 0.4) is 0 Å². The molecule has 0 unspecified atom stereocenters. The largest absolute Gasteiger partial charge is 0.476 e. The van der Waals surface area contributed by atoms with Crippen LogP contribution in [0.4, 0.5) is 22.1 Å². The van der Waals surface area contributed by atoms with E-state index >= 15 is 0 Å². The van der Waals surface area contributed by atoms with Gasteiger partial charge in [0.1, 0.15) is 12.2 Å². The van der Waals surface area contributed by atoms with Gasteiger partial charge in [-0.05, 0) is 88.4 Å². The van der Waals surface area contributed by atoms with Gasteiger partial charge in [-0.3, -0.25) is 0 Å². The molecule has 0 spiro atoms. The zero-order chi connectivity index (χ0) is 29.3. The summed E-state index contributed by atoms with van der Waals surface area (Å²) >= 11 is 0. The van der Waals surface area contributed by atoms with E-state index < -0.39 is 5.60 Å². The third kappa shape index (κ3) is 6.10. The highest BCUT2D eigenvalue weighted by atomic mass is 16.6. The molecule has 1 N–H and O–H groups in total. The lowest BCUT2D eigenvalue weighted by atomic mass is 9.98. The highest BCUT2D eigenvalue weighted by Gasteiger charge is 2.27. The standard InChI is InChI=1S/C33H38N6O3/c1-22-27(20-34-30-28(22)21-39(16-17-41-30)32(40)42-33(2,3)4)23-8-9-24-19-35-31(37-29(24)18-23)36-25-10-12-26(13-11-25)38-14-6-5-7-15-38/h8-13,18-20H,5-7,14-17,21H2,1-4H3,(H,35,36,37). The second-order valence-corrected chi connectivity index (χ2v) is 12.0. The van der Waals surface area contributed by atoms with Crippen LogP contribution < -0.4 is 15.0 Å². The SMILES string of the molecule is Cc1c(-c2ccc3cnc(Nc4ccc(N5CCCCC5)cc4)nc3c2)cnc2c1CN(C(=O)OC(C)(C)C)CCO2. The van der Waals surface area contributed by atoms with E-state index in [0.717, 1.165) is 51.9 Å². The molecule has 0 aliphatic carbocycles. The fourth-order valence-corrected chi connectivity index (χ4v) is 5.52. The lowest BCUT2D eigenvalue weighted by Crippen LogP contribution is -2.37. The normalized spacial score (nSPS) is 15.5. The van der Waals surface area contributed by atoms with E-state index in [1.807, 2.05) is 46.2 Å². The van der Waals surface area contributed by atoms with Crippen molar-refractivity contribution in [3.05, 3.63) is 66.0 Å². The zero-order valence-electron chi connectivity index (χ0n) is 24.8. The van der Waals surface area contributed by atoms with Crippen LogP contribution in [0.2, 0.25) is 0 Å². The number of anilines is 3. The molecule has 0 radical (unpaired) electrons. The molecule has 4 heterocycles. The number of pyridine rings is 1. The molecule has 1 fully saturated rings. The maximum atomic E-state index is 12.8. The number of ether oxygens (including phenoxy) is 2. The Bertz CT molecular complexity index is 1590. The quantitative estimate of drug-likeness (QED) is 0.286. The van der Waals surface area contributed by atoms with Crippen molar-refractivity contribution in [2.24, 2.45) is 0 Å². The Morgan fingerprint density at radius 3 is 2.52 bits per heavy atom. The van der Waals surface area contributed by atoms with Crippen molar-refractivity contribution in [2.45, 2.75) is 59.1 Å². The molecule has 2 aliphatic heterocycles. The fraction of sp³-hybridized carbons (Fsp3) is 0.394. The molecule has 42 heavy (non-hydrogen) atoms. The lowest BCUT2D eigenvalue weighted by molar-refractivity contribution is 0.0225. The summed E-state index contributed by atoms with van der Waals surface area (Å²) in [6.07, 6.45) is 7.15. The number of benzene rings is 2. The van der Waals surface area contributed by atoms with E-state index in [0.29, 0.717) is 31.5 Å². The highest BCUT2D eigenvalue weighted by Crippen LogP contribution is 2.34. The first-order valence-electron chi connectivity index (χ1n) is 14.7. The number of piperidine rings is 1. The van der Waals surface area contributed by atoms with Crippen LogP contribution in [-0.2, 0) is 11.3 Å². The molecule has 0 bridgehead atoms. The van der Waals surface area contributed by atoms with Gasteiger partial charge in [0.05, 0.1) is 18.6 Å². The average molecular weight is 567 g/mol. The van der Waals surface area contributed by atoms with Crippen molar-refractivity contribution < 1.29 is 14.3 Å². The fourth-order valence-electron chi connectivity index (χ4n) is 5.52. The van der Waals surface area contributed by atoms with E-state index in [4.69, 9.17) is 14.5 Å². The van der Waals surface area contributed by atoms with E-state index in [1.54, 1.807) is 4.90 Å². The molecular weight excluding hydrogens is 528 g/mol. The average Bonchev–Trinajstić information content (AvgIpc) is 3.21. The summed E-state index contributed by atoms with van der Waals surface area (Å²) in [7, 11) is 0. The van der Waals surface area contributed by atoms with Gasteiger partial charge < -0.3 is 24.6 Å². The van der Waals surface area contributed by atoms with Crippen LogP contribution in [0.15, 0.2) is 54.9 Å². The summed E-state index contributed by atoms with van der Waals surface area (Å²) < 4.78 is 11.5. The minimum atomic E-state index is -0.570. The number of aromatic nitrogens is 3. The van der Waals surface area contributed by atoms with Crippen molar-refractivity contribution in [3.63, 3.8) is 0 Å². The van der Waals surface area contributed by atoms with Crippen molar-refractivity contribution in [1.82, 2.24) is 19.9 Å². The Labute approximate surface area is 246 Å². The predicted molar refractivity (Wildman–Crippen MR) is 165 cm³/mol. The van der Waals surface area contributed by atoms with Crippen LogP contribution in [0.25, 0.3) is 22.0 Å². The molecule has 4 aromatic rings. The van der Waals surface area contributed by atoms with E-state index in [-0.39, 0.29) is 6.09 Å². The third-order valence-electron chi connectivity index (χ3n) is 7.76. The number of hydrogen-bond acceptors (Lipinski definition) is 8. The second kappa shape index (κ2) is 11.5. The lowest BCUT2D eigenvalue weighted by Gasteiger charge is -2.28. The Balaban J connectivity index is 1.24. The highest BCUT2D eigenvalue weighted by molar-refractivity contribution is 5.85. The van der Waals surface area contributed by atoms with Crippen LogP contribution >= 0.6 is 0 Å². The maximum Gasteiger partial charge on any atom is 0.410 e. The number of hydrogen-bond donors (Lipinski definition) is 1. The zero-order valence-corrected chi connectivity index (χ0v) is 24.8. The summed E-state index contributed by atoms with van der Waals surface area (Å²) in [5, 5.41) is 4.31. The molecule has 218 valence electrons. The van der Waals surface area contributed by atoms with Gasteiger partial charge in [-0.15, -0.1) is 0 Å². The van der Waals surface area contributed by atoms with Crippen molar-refractivity contribution in [3.8, 4) is 17.0 Å². The van der Waals surface area contributed by atoms with Crippen LogP contribution in [0.1, 0.15) is 51.2 Å². The number of nitrogens with zero attached hydrogens (tertiary/aromatic N) is 5.